The lowest BCUT2D eigenvalue weighted by Gasteiger charge is -2.37. The summed E-state index contributed by atoms with van der Waals surface area (Å²) in [6.45, 7) is 8.55. The minimum absolute atomic E-state index is 0. The monoisotopic (exact) mass is 289 g/mol. The van der Waals surface area contributed by atoms with Gasteiger partial charge in [-0.3, -0.25) is 4.90 Å². The highest BCUT2D eigenvalue weighted by molar-refractivity contribution is 7.11. The first-order valence-electron chi connectivity index (χ1n) is 6.50. The summed E-state index contributed by atoms with van der Waals surface area (Å²) in [7, 11) is 0. The summed E-state index contributed by atoms with van der Waals surface area (Å²) >= 11 is 1.83. The Labute approximate surface area is 120 Å². The number of aryl methyl sites for hydroxylation is 2. The molecule has 0 amide bonds. The number of rotatable bonds is 3. The molecule has 0 spiro atoms. The van der Waals surface area contributed by atoms with Crippen molar-refractivity contribution in [3.63, 3.8) is 0 Å². The van der Waals surface area contributed by atoms with Crippen LogP contribution in [-0.4, -0.2) is 28.5 Å². The van der Waals surface area contributed by atoms with Gasteiger partial charge in [-0.25, -0.2) is 4.98 Å². The Hall–Kier alpha value is -0.160. The number of hydrogen-bond donors (Lipinski definition) is 1. The lowest BCUT2D eigenvalue weighted by atomic mass is 9.97. The molecule has 1 aliphatic heterocycles. The molecule has 1 saturated heterocycles. The first-order valence-corrected chi connectivity index (χ1v) is 7.32. The molecule has 0 bridgehead atoms. The molecule has 5 heteroatoms. The van der Waals surface area contributed by atoms with Crippen molar-refractivity contribution in [1.82, 2.24) is 9.88 Å². The van der Waals surface area contributed by atoms with Crippen molar-refractivity contribution < 1.29 is 0 Å². The fraction of sp³-hybridized carbons (Fsp3) is 0.769. The average Bonchev–Trinajstić information content (AvgIpc) is 2.58. The van der Waals surface area contributed by atoms with Crippen molar-refractivity contribution in [1.29, 1.82) is 0 Å². The normalized spacial score (nSPS) is 22.6. The molecule has 1 aromatic heterocycles. The van der Waals surface area contributed by atoms with Crippen molar-refractivity contribution in [3.05, 3.63) is 15.6 Å². The van der Waals surface area contributed by atoms with Crippen LogP contribution >= 0.6 is 23.7 Å². The molecule has 2 heterocycles. The van der Waals surface area contributed by atoms with Crippen LogP contribution in [-0.2, 0) is 6.54 Å². The fourth-order valence-corrected chi connectivity index (χ4v) is 3.68. The van der Waals surface area contributed by atoms with Crippen LogP contribution in [0.2, 0.25) is 0 Å². The van der Waals surface area contributed by atoms with Crippen LogP contribution in [0.4, 0.5) is 0 Å². The van der Waals surface area contributed by atoms with Crippen molar-refractivity contribution >= 4 is 23.7 Å². The summed E-state index contributed by atoms with van der Waals surface area (Å²) in [5.74, 6) is 0. The van der Waals surface area contributed by atoms with E-state index in [1.807, 2.05) is 11.3 Å². The van der Waals surface area contributed by atoms with E-state index in [9.17, 15) is 0 Å². The van der Waals surface area contributed by atoms with Crippen LogP contribution in [0.3, 0.4) is 0 Å². The highest BCUT2D eigenvalue weighted by Crippen LogP contribution is 2.25. The topological polar surface area (TPSA) is 42.2 Å². The Kier molecular flexibility index (Phi) is 6.05. The molecule has 1 fully saturated rings. The first kappa shape index (κ1) is 15.9. The summed E-state index contributed by atoms with van der Waals surface area (Å²) in [5.41, 5.74) is 7.30. The van der Waals surface area contributed by atoms with Gasteiger partial charge < -0.3 is 5.73 Å². The van der Waals surface area contributed by atoms with E-state index in [-0.39, 0.29) is 18.4 Å². The molecule has 2 atom stereocenters. The number of thiazole rings is 1. The van der Waals surface area contributed by atoms with Gasteiger partial charge in [-0.15, -0.1) is 23.7 Å². The van der Waals surface area contributed by atoms with Gasteiger partial charge in [-0.2, -0.15) is 0 Å². The maximum Gasteiger partial charge on any atom is 0.0900 e. The lowest BCUT2D eigenvalue weighted by molar-refractivity contribution is 0.124. The zero-order chi connectivity index (χ0) is 12.4. The maximum atomic E-state index is 6.10. The van der Waals surface area contributed by atoms with Crippen molar-refractivity contribution in [2.75, 3.05) is 6.54 Å². The van der Waals surface area contributed by atoms with Gasteiger partial charge in [-0.05, 0) is 40.2 Å². The van der Waals surface area contributed by atoms with E-state index in [1.54, 1.807) is 0 Å². The molecule has 2 unspecified atom stereocenters. The second-order valence-corrected chi connectivity index (χ2v) is 6.42. The SMILES string of the molecule is Cc1nc(C)c(CN2CCCCC2C(C)N)s1.Cl. The van der Waals surface area contributed by atoms with Crippen LogP contribution in [0.1, 0.15) is 41.8 Å². The van der Waals surface area contributed by atoms with Crippen molar-refractivity contribution in [3.8, 4) is 0 Å². The number of aromatic nitrogens is 1. The van der Waals surface area contributed by atoms with Gasteiger partial charge >= 0.3 is 0 Å². The van der Waals surface area contributed by atoms with Crippen molar-refractivity contribution in [2.24, 2.45) is 5.73 Å². The standard InChI is InChI=1S/C13H23N3S.ClH/c1-9(14)12-6-4-5-7-16(12)8-13-10(2)15-11(3)17-13;/h9,12H,4-8,14H2,1-3H3;1H. The first-order chi connectivity index (χ1) is 8.08. The fourth-order valence-electron chi connectivity index (χ4n) is 2.71. The second-order valence-electron chi connectivity index (χ2n) is 5.13. The van der Waals surface area contributed by atoms with E-state index in [4.69, 9.17) is 5.73 Å². The third kappa shape index (κ3) is 3.67. The molecule has 18 heavy (non-hydrogen) atoms. The summed E-state index contributed by atoms with van der Waals surface area (Å²) in [5, 5.41) is 1.17. The lowest BCUT2D eigenvalue weighted by Crippen LogP contribution is -2.48. The van der Waals surface area contributed by atoms with Crippen molar-refractivity contribution in [2.45, 2.75) is 58.7 Å². The predicted molar refractivity (Wildman–Crippen MR) is 80.5 cm³/mol. The Balaban J connectivity index is 0.00000162. The molecule has 0 aliphatic carbocycles. The molecule has 1 aliphatic rings. The number of nitrogens with zero attached hydrogens (tertiary/aromatic N) is 2. The van der Waals surface area contributed by atoms with Gasteiger partial charge in [0.15, 0.2) is 0 Å². The summed E-state index contributed by atoms with van der Waals surface area (Å²) < 4.78 is 0. The molecule has 1 aromatic rings. The van der Waals surface area contributed by atoms with E-state index < -0.39 is 0 Å². The molecule has 0 saturated carbocycles. The van der Waals surface area contributed by atoms with Gasteiger partial charge in [0.05, 0.1) is 10.7 Å². The number of likely N-dealkylation sites (tertiary alicyclic amines) is 1. The smallest absolute Gasteiger partial charge is 0.0900 e. The molecule has 2 rings (SSSR count). The minimum atomic E-state index is 0. The van der Waals surface area contributed by atoms with Gasteiger partial charge in [0.1, 0.15) is 0 Å². The molecular formula is C13H24ClN3S. The minimum Gasteiger partial charge on any atom is -0.327 e. The third-order valence-corrected chi connectivity index (χ3v) is 4.68. The van der Waals surface area contributed by atoms with Gasteiger partial charge in [0, 0.05) is 23.5 Å². The highest BCUT2D eigenvalue weighted by Gasteiger charge is 2.26. The van der Waals surface area contributed by atoms with Gasteiger partial charge in [0.25, 0.3) is 0 Å². The van der Waals surface area contributed by atoms with E-state index in [1.165, 1.54) is 41.4 Å². The summed E-state index contributed by atoms with van der Waals surface area (Å²) in [4.78, 5) is 8.47. The van der Waals surface area contributed by atoms with E-state index in [0.29, 0.717) is 6.04 Å². The predicted octanol–water partition coefficient (Wildman–Crippen LogP) is 2.88. The van der Waals surface area contributed by atoms with E-state index in [0.717, 1.165) is 6.54 Å². The average molecular weight is 290 g/mol. The number of halogens is 1. The highest BCUT2D eigenvalue weighted by atomic mass is 35.5. The zero-order valence-electron chi connectivity index (χ0n) is 11.5. The molecule has 2 N–H and O–H groups in total. The number of hydrogen-bond acceptors (Lipinski definition) is 4. The summed E-state index contributed by atoms with van der Waals surface area (Å²) in [6, 6.07) is 0.815. The van der Waals surface area contributed by atoms with Crippen LogP contribution in [0.25, 0.3) is 0 Å². The third-order valence-electron chi connectivity index (χ3n) is 3.62. The molecule has 104 valence electrons. The molecule has 0 radical (unpaired) electrons. The summed E-state index contributed by atoms with van der Waals surface area (Å²) in [6.07, 6.45) is 3.87. The van der Waals surface area contributed by atoms with Gasteiger partial charge in [-0.1, -0.05) is 6.42 Å². The maximum absolute atomic E-state index is 6.10. The second kappa shape index (κ2) is 6.85. The van der Waals surface area contributed by atoms with Crippen LogP contribution in [0.15, 0.2) is 0 Å². The Morgan fingerprint density at radius 1 is 1.44 bits per heavy atom. The zero-order valence-corrected chi connectivity index (χ0v) is 13.1. The number of piperidine rings is 1. The Morgan fingerprint density at radius 3 is 2.72 bits per heavy atom. The largest absolute Gasteiger partial charge is 0.327 e. The molecule has 3 nitrogen and oxygen atoms in total. The van der Waals surface area contributed by atoms with Crippen LogP contribution < -0.4 is 5.73 Å². The Bertz CT molecular complexity index is 378. The Morgan fingerprint density at radius 2 is 2.17 bits per heavy atom. The van der Waals surface area contributed by atoms with Gasteiger partial charge in [0.2, 0.25) is 0 Å². The van der Waals surface area contributed by atoms with Crippen LogP contribution in [0.5, 0.6) is 0 Å². The van der Waals surface area contributed by atoms with Crippen LogP contribution in [0, 0.1) is 13.8 Å². The number of nitrogens with two attached hydrogens (primary N) is 1. The molecule has 0 aromatic carbocycles. The molecular weight excluding hydrogens is 266 g/mol. The van der Waals surface area contributed by atoms with E-state index in [2.05, 4.69) is 30.7 Å². The quantitative estimate of drug-likeness (QED) is 0.930. The van der Waals surface area contributed by atoms with E-state index >= 15 is 0 Å².